The lowest BCUT2D eigenvalue weighted by molar-refractivity contribution is -0.143. The van der Waals surface area contributed by atoms with Gasteiger partial charge in [-0.25, -0.2) is 9.78 Å². The van der Waals surface area contributed by atoms with Gasteiger partial charge in [-0.3, -0.25) is 19.2 Å². The summed E-state index contributed by atoms with van der Waals surface area (Å²) >= 11 is 0. The molecule has 214 valence electrons. The summed E-state index contributed by atoms with van der Waals surface area (Å²) in [4.78, 5) is 71.2. The maximum Gasteiger partial charge on any atom is 0.326 e. The first-order valence-electron chi connectivity index (χ1n) is 12.3. The monoisotopic (exact) mass is 557 g/mol. The van der Waals surface area contributed by atoms with Gasteiger partial charge in [0.1, 0.15) is 18.1 Å². The number of carboxylic acids is 2. The molecule has 0 bridgehead atoms. The quantitative estimate of drug-likeness (QED) is 0.110. The highest BCUT2D eigenvalue weighted by Crippen LogP contribution is 2.19. The van der Waals surface area contributed by atoms with E-state index in [1.54, 1.807) is 18.3 Å². The van der Waals surface area contributed by atoms with E-state index >= 15 is 0 Å². The number of aromatic amines is 2. The molecule has 3 rings (SSSR count). The van der Waals surface area contributed by atoms with Crippen molar-refractivity contribution in [2.24, 2.45) is 5.73 Å². The molecule has 0 fully saturated rings. The van der Waals surface area contributed by atoms with Crippen LogP contribution < -0.4 is 21.7 Å². The summed E-state index contributed by atoms with van der Waals surface area (Å²) in [6.45, 7) is 1.23. The number of aliphatic carboxylic acids is 2. The summed E-state index contributed by atoms with van der Waals surface area (Å²) in [6, 6.07) is 1.45. The first-order valence-corrected chi connectivity index (χ1v) is 12.3. The number of fused-ring (bicyclic) bond motifs is 1. The van der Waals surface area contributed by atoms with Gasteiger partial charge in [-0.05, 0) is 18.6 Å². The van der Waals surface area contributed by atoms with Crippen molar-refractivity contribution in [2.45, 2.75) is 56.5 Å². The third-order valence-corrected chi connectivity index (χ3v) is 6.12. The van der Waals surface area contributed by atoms with Gasteiger partial charge in [0.25, 0.3) is 0 Å². The van der Waals surface area contributed by atoms with Gasteiger partial charge in [-0.15, -0.1) is 0 Å². The predicted octanol–water partition coefficient (Wildman–Crippen LogP) is -1.60. The number of aliphatic hydroxyl groups excluding tert-OH is 1. The zero-order valence-corrected chi connectivity index (χ0v) is 21.5. The molecule has 1 aromatic carbocycles. The van der Waals surface area contributed by atoms with E-state index in [2.05, 4.69) is 30.9 Å². The highest BCUT2D eigenvalue weighted by atomic mass is 16.4. The minimum Gasteiger partial charge on any atom is -0.481 e. The Morgan fingerprint density at radius 2 is 1.65 bits per heavy atom. The predicted molar refractivity (Wildman–Crippen MR) is 140 cm³/mol. The van der Waals surface area contributed by atoms with Gasteiger partial charge < -0.3 is 47.0 Å². The number of carbonyl (C=O) groups is 5. The third-order valence-electron chi connectivity index (χ3n) is 6.12. The molecule has 0 spiro atoms. The van der Waals surface area contributed by atoms with E-state index in [0.717, 1.165) is 10.9 Å². The molecule has 0 saturated heterocycles. The molecule has 2 heterocycles. The molecule has 3 aromatic rings. The molecule has 5 atom stereocenters. The Kier molecular flexibility index (Phi) is 9.94. The Morgan fingerprint density at radius 1 is 0.950 bits per heavy atom. The van der Waals surface area contributed by atoms with E-state index in [-0.39, 0.29) is 12.8 Å². The fraction of sp³-hybridized carbons (Fsp3) is 0.360. The molecule has 0 radical (unpaired) electrons. The molecule has 15 nitrogen and oxygen atoms in total. The molecule has 0 aliphatic carbocycles. The maximum absolute atomic E-state index is 13.2. The van der Waals surface area contributed by atoms with E-state index in [1.165, 1.54) is 19.4 Å². The van der Waals surface area contributed by atoms with E-state index < -0.39 is 66.4 Å². The minimum atomic E-state index is -1.59. The molecule has 3 amide bonds. The molecule has 2 aromatic heterocycles. The number of nitrogens with zero attached hydrogens (tertiary/aromatic N) is 1. The lowest BCUT2D eigenvalue weighted by Gasteiger charge is -2.26. The van der Waals surface area contributed by atoms with Crippen LogP contribution in [-0.4, -0.2) is 90.2 Å². The van der Waals surface area contributed by atoms with Gasteiger partial charge in [0.2, 0.25) is 17.7 Å². The smallest absolute Gasteiger partial charge is 0.326 e. The number of aliphatic hydroxyl groups is 1. The number of aromatic nitrogens is 3. The lowest BCUT2D eigenvalue weighted by atomic mass is 10.0. The standard InChI is InChI=1S/C25H31N7O8/c1-12(33)21(24(38)31-19(25(39)40)6-13-9-28-17-5-3-2-4-15(13)17)32-23(37)18(7-14-10-27-11-29-14)30-22(36)16(26)8-20(34)35/h2-5,9-12,16,18-19,21,28,33H,6-8,26H2,1H3,(H,27,29)(H,30,36)(H,31,38)(H,32,37)(H,34,35)(H,39,40). The van der Waals surface area contributed by atoms with E-state index in [9.17, 15) is 34.2 Å². The Balaban J connectivity index is 1.74. The molecule has 40 heavy (non-hydrogen) atoms. The van der Waals surface area contributed by atoms with Crippen LogP contribution >= 0.6 is 0 Å². The number of H-pyrrole nitrogens is 2. The number of carbonyl (C=O) groups excluding carboxylic acids is 3. The number of nitrogens with two attached hydrogens (primary N) is 1. The van der Waals surface area contributed by atoms with Crippen LogP contribution in [0, 0.1) is 0 Å². The second-order valence-electron chi connectivity index (χ2n) is 9.24. The summed E-state index contributed by atoms with van der Waals surface area (Å²) in [5.41, 5.74) is 7.46. The van der Waals surface area contributed by atoms with Gasteiger partial charge in [-0.2, -0.15) is 0 Å². The van der Waals surface area contributed by atoms with Crippen LogP contribution in [0.2, 0.25) is 0 Å². The van der Waals surface area contributed by atoms with Crippen molar-refractivity contribution in [1.29, 1.82) is 0 Å². The molecular weight excluding hydrogens is 526 g/mol. The second-order valence-corrected chi connectivity index (χ2v) is 9.24. The number of imidazole rings is 1. The van der Waals surface area contributed by atoms with Gasteiger partial charge in [0.05, 0.1) is 24.9 Å². The number of carboxylic acid groups (broad SMARTS) is 2. The topological polar surface area (TPSA) is 253 Å². The van der Waals surface area contributed by atoms with Crippen molar-refractivity contribution in [3.05, 3.63) is 54.2 Å². The Morgan fingerprint density at radius 3 is 2.27 bits per heavy atom. The van der Waals surface area contributed by atoms with Crippen LogP contribution in [0.4, 0.5) is 0 Å². The molecule has 0 aliphatic heterocycles. The van der Waals surface area contributed by atoms with Crippen molar-refractivity contribution in [3.63, 3.8) is 0 Å². The van der Waals surface area contributed by atoms with Crippen molar-refractivity contribution < 1.29 is 39.3 Å². The highest BCUT2D eigenvalue weighted by molar-refractivity contribution is 5.95. The maximum atomic E-state index is 13.2. The summed E-state index contributed by atoms with van der Waals surface area (Å²) < 4.78 is 0. The van der Waals surface area contributed by atoms with Crippen LogP contribution in [0.5, 0.6) is 0 Å². The van der Waals surface area contributed by atoms with Crippen LogP contribution in [-0.2, 0) is 36.8 Å². The van der Waals surface area contributed by atoms with Gasteiger partial charge in [0, 0.05) is 41.8 Å². The number of para-hydroxylation sites is 1. The van der Waals surface area contributed by atoms with E-state index in [4.69, 9.17) is 10.8 Å². The molecule has 10 N–H and O–H groups in total. The third kappa shape index (κ3) is 7.87. The number of rotatable bonds is 14. The number of amides is 3. The van der Waals surface area contributed by atoms with E-state index in [0.29, 0.717) is 11.3 Å². The van der Waals surface area contributed by atoms with Crippen molar-refractivity contribution >= 4 is 40.6 Å². The van der Waals surface area contributed by atoms with Gasteiger partial charge in [0.15, 0.2) is 0 Å². The minimum absolute atomic E-state index is 0.0778. The largest absolute Gasteiger partial charge is 0.481 e. The molecule has 0 aliphatic rings. The van der Waals surface area contributed by atoms with Crippen molar-refractivity contribution in [3.8, 4) is 0 Å². The number of nitrogens with one attached hydrogen (secondary N) is 5. The average molecular weight is 558 g/mol. The van der Waals surface area contributed by atoms with Crippen LogP contribution in [0.1, 0.15) is 24.6 Å². The van der Waals surface area contributed by atoms with Gasteiger partial charge in [-0.1, -0.05) is 18.2 Å². The Labute approximate surface area is 227 Å². The first-order chi connectivity index (χ1) is 19.0. The second kappa shape index (κ2) is 13.3. The summed E-state index contributed by atoms with van der Waals surface area (Å²) in [5, 5.41) is 36.8. The molecule has 5 unspecified atom stereocenters. The zero-order chi connectivity index (χ0) is 29.4. The Bertz CT molecular complexity index is 1350. The molecule has 0 saturated carbocycles. The summed E-state index contributed by atoms with van der Waals surface area (Å²) in [5.74, 6) is -5.45. The Hall–Kier alpha value is -4.76. The number of hydrogen-bond acceptors (Lipinski definition) is 8. The van der Waals surface area contributed by atoms with Crippen LogP contribution in [0.25, 0.3) is 10.9 Å². The lowest BCUT2D eigenvalue weighted by Crippen LogP contribution is -2.60. The van der Waals surface area contributed by atoms with Crippen molar-refractivity contribution in [2.75, 3.05) is 0 Å². The van der Waals surface area contributed by atoms with Crippen LogP contribution in [0.15, 0.2) is 43.0 Å². The molecule has 15 heteroatoms. The normalized spacial score (nSPS) is 14.9. The van der Waals surface area contributed by atoms with Crippen LogP contribution in [0.3, 0.4) is 0 Å². The fourth-order valence-corrected chi connectivity index (χ4v) is 4.03. The summed E-state index contributed by atoms with van der Waals surface area (Å²) in [7, 11) is 0. The fourth-order valence-electron chi connectivity index (χ4n) is 4.03. The van der Waals surface area contributed by atoms with Crippen molar-refractivity contribution in [1.82, 2.24) is 30.9 Å². The SMILES string of the molecule is CC(O)C(NC(=O)C(Cc1cnc[nH]1)NC(=O)C(N)CC(=O)O)C(=O)NC(Cc1c[nH]c2ccccc12)C(=O)O. The highest BCUT2D eigenvalue weighted by Gasteiger charge is 2.33. The first kappa shape index (κ1) is 29.8. The number of benzene rings is 1. The van der Waals surface area contributed by atoms with E-state index in [1.807, 2.05) is 12.1 Å². The molecular formula is C25H31N7O8. The van der Waals surface area contributed by atoms with Gasteiger partial charge >= 0.3 is 11.9 Å². The average Bonchev–Trinajstić information content (AvgIpc) is 3.55. The summed E-state index contributed by atoms with van der Waals surface area (Å²) in [6.07, 6.45) is 2.02. The zero-order valence-electron chi connectivity index (χ0n) is 21.5. The number of hydrogen-bond donors (Lipinski definition) is 9.